The summed E-state index contributed by atoms with van der Waals surface area (Å²) in [5, 5.41) is 8.25. The van der Waals surface area contributed by atoms with Gasteiger partial charge in [-0.2, -0.15) is 5.10 Å². The zero-order valence-electron chi connectivity index (χ0n) is 15.0. The van der Waals surface area contributed by atoms with Crippen LogP contribution in [0.4, 0.5) is 0 Å². The zero-order valence-corrected chi connectivity index (χ0v) is 15.0. The Kier molecular flexibility index (Phi) is 5.36. The molecule has 1 aliphatic heterocycles. The van der Waals surface area contributed by atoms with E-state index in [1.54, 1.807) is 6.92 Å². The van der Waals surface area contributed by atoms with Crippen LogP contribution in [0, 0.1) is 6.92 Å². The van der Waals surface area contributed by atoms with Gasteiger partial charge in [-0.3, -0.25) is 14.3 Å². The summed E-state index contributed by atoms with van der Waals surface area (Å²) in [4.78, 5) is 26.4. The maximum Gasteiger partial charge on any atom is 0.244 e. The minimum atomic E-state index is -0.470. The molecule has 0 radical (unpaired) electrons. The number of aryl methyl sites for hydroxylation is 2. The molecule has 0 aliphatic carbocycles. The van der Waals surface area contributed by atoms with Crippen molar-refractivity contribution in [3.8, 4) is 0 Å². The molecule has 1 aromatic heterocycles. The summed E-state index contributed by atoms with van der Waals surface area (Å²) in [6, 6.07) is 5.69. The smallest absolute Gasteiger partial charge is 0.244 e. The van der Waals surface area contributed by atoms with Gasteiger partial charge in [0.15, 0.2) is 0 Å². The molecule has 3 rings (SSSR count). The molecule has 1 fully saturated rings. The van der Waals surface area contributed by atoms with E-state index in [9.17, 15) is 9.59 Å². The van der Waals surface area contributed by atoms with Gasteiger partial charge in [-0.15, -0.1) is 0 Å². The Hall–Kier alpha value is -2.37. The molecular formula is C19H26N4O2. The lowest BCUT2D eigenvalue weighted by molar-refractivity contribution is -0.136. The predicted molar refractivity (Wildman–Crippen MR) is 97.1 cm³/mol. The van der Waals surface area contributed by atoms with Crippen molar-refractivity contribution in [2.75, 3.05) is 13.1 Å². The van der Waals surface area contributed by atoms with Gasteiger partial charge in [0, 0.05) is 24.9 Å². The number of nitrogens with zero attached hydrogens (tertiary/aromatic N) is 3. The van der Waals surface area contributed by atoms with E-state index in [1.807, 2.05) is 28.8 Å². The lowest BCUT2D eigenvalue weighted by Crippen LogP contribution is -2.48. The van der Waals surface area contributed by atoms with E-state index in [4.69, 9.17) is 0 Å². The van der Waals surface area contributed by atoms with Crippen LogP contribution in [0.2, 0.25) is 0 Å². The van der Waals surface area contributed by atoms with Gasteiger partial charge >= 0.3 is 0 Å². The van der Waals surface area contributed by atoms with Crippen LogP contribution >= 0.6 is 0 Å². The molecule has 1 atom stereocenters. The van der Waals surface area contributed by atoms with Gasteiger partial charge in [0.1, 0.15) is 6.04 Å². The fraction of sp³-hybridized carbons (Fsp3) is 0.526. The number of nitrogens with one attached hydrogen (secondary N) is 1. The Morgan fingerprint density at radius 1 is 1.24 bits per heavy atom. The molecule has 0 spiro atoms. The van der Waals surface area contributed by atoms with Crippen LogP contribution in [0.15, 0.2) is 24.4 Å². The van der Waals surface area contributed by atoms with Crippen LogP contribution in [0.5, 0.6) is 0 Å². The van der Waals surface area contributed by atoms with E-state index in [0.717, 1.165) is 36.8 Å². The molecule has 6 nitrogen and oxygen atoms in total. The highest BCUT2D eigenvalue weighted by Gasteiger charge is 2.23. The summed E-state index contributed by atoms with van der Waals surface area (Å²) in [6.45, 7) is 5.91. The van der Waals surface area contributed by atoms with Gasteiger partial charge in [-0.1, -0.05) is 12.1 Å². The number of piperidine rings is 1. The number of aromatic nitrogens is 2. The Morgan fingerprint density at radius 2 is 2.00 bits per heavy atom. The topological polar surface area (TPSA) is 67.2 Å². The van der Waals surface area contributed by atoms with Crippen molar-refractivity contribution in [2.24, 2.45) is 0 Å². The molecule has 2 aromatic rings. The average molecular weight is 342 g/mol. The number of carbonyl (C=O) groups is 2. The highest BCUT2D eigenvalue weighted by molar-refractivity contribution is 5.87. The molecule has 1 saturated heterocycles. The maximum atomic E-state index is 12.4. The minimum absolute atomic E-state index is 0.0215. The summed E-state index contributed by atoms with van der Waals surface area (Å²) >= 11 is 0. The summed E-state index contributed by atoms with van der Waals surface area (Å²) in [5.74, 6) is -0.0950. The molecule has 2 amide bonds. The molecule has 1 unspecified atom stereocenters. The molecule has 1 N–H and O–H groups in total. The molecule has 2 heterocycles. The SMILES string of the molecule is Cc1ccc2cnn(CCC(=O)NC(C)C(=O)N3CCCCC3)c2c1. The number of hydrogen-bond donors (Lipinski definition) is 1. The first kappa shape index (κ1) is 17.5. The maximum absolute atomic E-state index is 12.4. The Balaban J connectivity index is 1.53. The lowest BCUT2D eigenvalue weighted by atomic mass is 10.1. The summed E-state index contributed by atoms with van der Waals surface area (Å²) in [7, 11) is 0. The fourth-order valence-corrected chi connectivity index (χ4v) is 3.33. The number of benzene rings is 1. The lowest BCUT2D eigenvalue weighted by Gasteiger charge is -2.29. The summed E-state index contributed by atoms with van der Waals surface area (Å²) < 4.78 is 1.85. The van der Waals surface area contributed by atoms with E-state index < -0.39 is 6.04 Å². The van der Waals surface area contributed by atoms with Crippen molar-refractivity contribution in [3.05, 3.63) is 30.0 Å². The van der Waals surface area contributed by atoms with Crippen molar-refractivity contribution in [1.82, 2.24) is 20.0 Å². The Bertz CT molecular complexity index is 762. The molecule has 0 saturated carbocycles. The number of likely N-dealkylation sites (tertiary alicyclic amines) is 1. The highest BCUT2D eigenvalue weighted by atomic mass is 16.2. The van der Waals surface area contributed by atoms with Crippen LogP contribution in [0.25, 0.3) is 10.9 Å². The van der Waals surface area contributed by atoms with Crippen molar-refractivity contribution in [2.45, 2.75) is 52.1 Å². The zero-order chi connectivity index (χ0) is 17.8. The fourth-order valence-electron chi connectivity index (χ4n) is 3.33. The van der Waals surface area contributed by atoms with Crippen molar-refractivity contribution < 1.29 is 9.59 Å². The number of hydrogen-bond acceptors (Lipinski definition) is 3. The van der Waals surface area contributed by atoms with E-state index in [-0.39, 0.29) is 11.8 Å². The molecule has 1 aromatic carbocycles. The second-order valence-corrected chi connectivity index (χ2v) is 6.86. The van der Waals surface area contributed by atoms with E-state index in [2.05, 4.69) is 22.5 Å². The summed E-state index contributed by atoms with van der Waals surface area (Å²) in [5.41, 5.74) is 2.20. The van der Waals surface area contributed by atoms with Crippen molar-refractivity contribution >= 4 is 22.7 Å². The quantitative estimate of drug-likeness (QED) is 0.906. The normalized spacial score (nSPS) is 16.0. The number of fused-ring (bicyclic) bond motifs is 1. The van der Waals surface area contributed by atoms with E-state index in [0.29, 0.717) is 13.0 Å². The standard InChI is InChI=1S/C19H26N4O2/c1-14-6-7-16-13-20-23(17(16)12-14)11-8-18(24)21-15(2)19(25)22-9-4-3-5-10-22/h6-7,12-13,15H,3-5,8-11H2,1-2H3,(H,21,24). The average Bonchev–Trinajstić information content (AvgIpc) is 3.02. The molecule has 1 aliphatic rings. The van der Waals surface area contributed by atoms with Crippen LogP contribution in [0.3, 0.4) is 0 Å². The number of rotatable bonds is 5. The molecule has 25 heavy (non-hydrogen) atoms. The third-order valence-electron chi connectivity index (χ3n) is 4.77. The second kappa shape index (κ2) is 7.68. The molecule has 134 valence electrons. The van der Waals surface area contributed by atoms with Gasteiger partial charge < -0.3 is 10.2 Å². The summed E-state index contributed by atoms with van der Waals surface area (Å²) in [6.07, 6.45) is 5.41. The number of amides is 2. The van der Waals surface area contributed by atoms with Gasteiger partial charge in [-0.25, -0.2) is 0 Å². The highest BCUT2D eigenvalue weighted by Crippen LogP contribution is 2.15. The predicted octanol–water partition coefficient (Wildman–Crippen LogP) is 2.25. The van der Waals surface area contributed by atoms with Gasteiger partial charge in [0.2, 0.25) is 11.8 Å². The first-order valence-electron chi connectivity index (χ1n) is 9.05. The van der Waals surface area contributed by atoms with Crippen molar-refractivity contribution in [3.63, 3.8) is 0 Å². The van der Waals surface area contributed by atoms with Crippen molar-refractivity contribution in [1.29, 1.82) is 0 Å². The third-order valence-corrected chi connectivity index (χ3v) is 4.77. The Labute approximate surface area is 148 Å². The number of carbonyl (C=O) groups excluding carboxylic acids is 2. The van der Waals surface area contributed by atoms with E-state index >= 15 is 0 Å². The largest absolute Gasteiger partial charge is 0.345 e. The second-order valence-electron chi connectivity index (χ2n) is 6.86. The van der Waals surface area contributed by atoms with Gasteiger partial charge in [-0.05, 0) is 44.7 Å². The molecule has 0 bridgehead atoms. The molecular weight excluding hydrogens is 316 g/mol. The third kappa shape index (κ3) is 4.18. The van der Waals surface area contributed by atoms with Crippen LogP contribution in [-0.4, -0.2) is 45.6 Å². The van der Waals surface area contributed by atoms with Crippen LogP contribution in [-0.2, 0) is 16.1 Å². The van der Waals surface area contributed by atoms with Gasteiger partial charge in [0.05, 0.1) is 18.3 Å². The molecule has 6 heteroatoms. The Morgan fingerprint density at radius 3 is 2.76 bits per heavy atom. The van der Waals surface area contributed by atoms with Crippen LogP contribution in [0.1, 0.15) is 38.2 Å². The van der Waals surface area contributed by atoms with Gasteiger partial charge in [0.25, 0.3) is 0 Å². The van der Waals surface area contributed by atoms with Crippen LogP contribution < -0.4 is 5.32 Å². The van der Waals surface area contributed by atoms with E-state index in [1.165, 1.54) is 12.0 Å². The first-order valence-corrected chi connectivity index (χ1v) is 9.05. The minimum Gasteiger partial charge on any atom is -0.345 e. The first-order chi connectivity index (χ1) is 12.0. The monoisotopic (exact) mass is 342 g/mol.